The summed E-state index contributed by atoms with van der Waals surface area (Å²) in [4.78, 5) is 81.5. The molecule has 21 heteroatoms. The average Bonchev–Trinajstić information content (AvgIpc) is 3.33. The van der Waals surface area contributed by atoms with E-state index in [-0.39, 0.29) is 98.2 Å². The van der Waals surface area contributed by atoms with E-state index in [2.05, 4.69) is 75.8 Å². The minimum Gasteiger partial charge on any atom is -0.465 e. The Kier molecular flexibility index (Phi) is 37.6. The van der Waals surface area contributed by atoms with Crippen molar-refractivity contribution in [3.8, 4) is 0 Å². The van der Waals surface area contributed by atoms with Crippen LogP contribution in [0.25, 0.3) is 0 Å². The average molecular weight is 1190 g/mol. The smallest absolute Gasteiger partial charge is 0.332 e. The van der Waals surface area contributed by atoms with Gasteiger partial charge in [-0.15, -0.1) is 0 Å². The first-order valence-corrected chi connectivity index (χ1v) is 30.9. The molecule has 0 aromatic heterocycles. The van der Waals surface area contributed by atoms with Crippen LogP contribution in [0.2, 0.25) is 0 Å². The molecular weight excluding hydrogens is 1090 g/mol. The van der Waals surface area contributed by atoms with Crippen molar-refractivity contribution in [2.75, 3.05) is 39.6 Å². The van der Waals surface area contributed by atoms with Gasteiger partial charge < -0.3 is 37.9 Å². The zero-order valence-corrected chi connectivity index (χ0v) is 51.6. The maximum absolute atomic E-state index is 12.1. The first-order valence-electron chi connectivity index (χ1n) is 27.8. The highest BCUT2D eigenvalue weighted by Crippen LogP contribution is 2.32. The lowest BCUT2D eigenvalue weighted by Gasteiger charge is -2.29. The Morgan fingerprint density at radius 1 is 0.303 bits per heavy atom. The predicted molar refractivity (Wildman–Crippen MR) is 314 cm³/mol. The van der Waals surface area contributed by atoms with Crippen molar-refractivity contribution < 1.29 is 71.5 Å². The largest absolute Gasteiger partial charge is 0.465 e. The van der Waals surface area contributed by atoms with E-state index in [0.717, 1.165) is 103 Å². The Morgan fingerprint density at radius 2 is 0.500 bits per heavy atom. The molecule has 6 atom stereocenters. The van der Waals surface area contributed by atoms with Gasteiger partial charge in [-0.3, -0.25) is 28.8 Å². The topological polar surface area (TPSA) is 193 Å². The SMILES string of the molecule is CC(S)CC(=O)OC1CCC(OC(=O)CC(C)S)CC1.CC(S)CC(=O)OCC1CCC(COC(=O)CC(C)S)CC1.CC(S)CC(=O)OCC1CCC(COC(=O)COC2CCC(COC(=O)CC(C)S)CC2)CC1. The van der Waals surface area contributed by atoms with E-state index < -0.39 is 0 Å². The standard InChI is InChI=1S/C25H42O7S2.C16H28O4S2.C14H24O4S2/c1-17(33)11-23(26)30-13-19-3-5-20(6-4-19)15-32-25(28)16-29-22-9-7-21(8-10-22)14-31-24(27)12-18(2)34;1-11(21)7-15(17)19-9-13-3-5-14(6-4-13)10-20-16(18)8-12(2)22;1-9(19)7-13(15)17-11-3-5-12(6-4-11)18-14(16)8-10(2)20/h17-22,33-34H,3-16H2,1-2H3;11-14,21-22H,3-10H2,1-2H3;9-12,19-20H,3-8H2,1-2H3. The molecule has 440 valence electrons. The van der Waals surface area contributed by atoms with Gasteiger partial charge >= 0.3 is 41.8 Å². The summed E-state index contributed by atoms with van der Waals surface area (Å²) in [6, 6.07) is 0. The summed E-state index contributed by atoms with van der Waals surface area (Å²) in [6.45, 7) is 13.6. The Morgan fingerprint density at radius 3 is 0.737 bits per heavy atom. The number of esters is 7. The second-order valence-corrected chi connectivity index (χ2v) is 27.1. The van der Waals surface area contributed by atoms with Crippen LogP contribution in [0.3, 0.4) is 0 Å². The van der Waals surface area contributed by atoms with Gasteiger partial charge in [-0.1, -0.05) is 41.5 Å². The molecule has 0 aromatic carbocycles. The Labute approximate surface area is 487 Å². The van der Waals surface area contributed by atoms with E-state index in [0.29, 0.717) is 101 Å². The number of thiol groups is 6. The van der Waals surface area contributed by atoms with Crippen LogP contribution < -0.4 is 0 Å². The molecule has 0 amide bonds. The van der Waals surface area contributed by atoms with E-state index in [1.807, 2.05) is 41.5 Å². The molecule has 6 unspecified atom stereocenters. The lowest BCUT2D eigenvalue weighted by atomic mass is 9.83. The highest BCUT2D eigenvalue weighted by atomic mass is 32.1. The van der Waals surface area contributed by atoms with Gasteiger partial charge in [0.1, 0.15) is 18.8 Å². The molecule has 0 aromatic rings. The van der Waals surface area contributed by atoms with Crippen molar-refractivity contribution in [1.82, 2.24) is 0 Å². The van der Waals surface area contributed by atoms with Crippen LogP contribution in [-0.2, 0) is 71.5 Å². The van der Waals surface area contributed by atoms with Gasteiger partial charge in [0.15, 0.2) is 0 Å². The summed E-state index contributed by atoms with van der Waals surface area (Å²) >= 11 is 25.1. The van der Waals surface area contributed by atoms with E-state index in [4.69, 9.17) is 37.9 Å². The van der Waals surface area contributed by atoms with Crippen molar-refractivity contribution in [3.63, 3.8) is 0 Å². The van der Waals surface area contributed by atoms with Crippen molar-refractivity contribution in [3.05, 3.63) is 0 Å². The molecule has 4 rings (SSSR count). The maximum Gasteiger partial charge on any atom is 0.332 e. The van der Waals surface area contributed by atoms with Crippen molar-refractivity contribution >= 4 is 118 Å². The fourth-order valence-electron chi connectivity index (χ4n) is 9.30. The molecule has 0 bridgehead atoms. The summed E-state index contributed by atoms with van der Waals surface area (Å²) in [6.07, 6.45) is 16.6. The normalized spacial score (nSPS) is 25.8. The number of carbonyl (C=O) groups is 7. The van der Waals surface area contributed by atoms with Gasteiger partial charge in [0.25, 0.3) is 0 Å². The number of hydrogen-bond acceptors (Lipinski definition) is 21. The predicted octanol–water partition coefficient (Wildman–Crippen LogP) is 10.5. The monoisotopic (exact) mass is 1190 g/mol. The fraction of sp³-hybridized carbons (Fsp3) is 0.873. The zero-order valence-electron chi connectivity index (χ0n) is 46.2. The Bertz CT molecular complexity index is 1550. The molecule has 15 nitrogen and oxygen atoms in total. The van der Waals surface area contributed by atoms with Crippen LogP contribution >= 0.6 is 75.8 Å². The molecule has 0 aliphatic heterocycles. The first kappa shape index (κ1) is 70.5. The van der Waals surface area contributed by atoms with E-state index >= 15 is 0 Å². The second-order valence-electron chi connectivity index (χ2n) is 21.8. The first-order chi connectivity index (χ1) is 35.9. The van der Waals surface area contributed by atoms with Crippen molar-refractivity contribution in [2.45, 2.75) is 233 Å². The van der Waals surface area contributed by atoms with Gasteiger partial charge in [0, 0.05) is 31.5 Å². The minimum atomic E-state index is -0.311. The number of hydrogen-bond donors (Lipinski definition) is 6. The number of rotatable bonds is 27. The van der Waals surface area contributed by atoms with Gasteiger partial charge in [0.2, 0.25) is 0 Å². The molecule has 4 fully saturated rings. The molecular formula is C55H94O15S6. The third kappa shape index (κ3) is 36.6. The van der Waals surface area contributed by atoms with Crippen LogP contribution in [0.1, 0.15) is 183 Å². The maximum atomic E-state index is 12.1. The molecule has 76 heavy (non-hydrogen) atoms. The lowest BCUT2D eigenvalue weighted by Crippen LogP contribution is -2.30. The van der Waals surface area contributed by atoms with Gasteiger partial charge in [-0.2, -0.15) is 75.8 Å². The molecule has 4 aliphatic rings. The van der Waals surface area contributed by atoms with Crippen molar-refractivity contribution in [1.29, 1.82) is 0 Å². The number of ether oxygens (including phenoxy) is 8. The second kappa shape index (κ2) is 40.5. The summed E-state index contributed by atoms with van der Waals surface area (Å²) in [7, 11) is 0. The highest BCUT2D eigenvalue weighted by molar-refractivity contribution is 7.81. The van der Waals surface area contributed by atoms with E-state index in [1.165, 1.54) is 0 Å². The highest BCUT2D eigenvalue weighted by Gasteiger charge is 2.29. The quantitative estimate of drug-likeness (QED) is 0.0258. The summed E-state index contributed by atoms with van der Waals surface area (Å²) < 4.78 is 43.2. The van der Waals surface area contributed by atoms with Crippen molar-refractivity contribution in [2.24, 2.45) is 29.6 Å². The van der Waals surface area contributed by atoms with E-state index in [1.54, 1.807) is 0 Å². The molecule has 0 spiro atoms. The molecule has 0 heterocycles. The van der Waals surface area contributed by atoms with Crippen LogP contribution in [0.15, 0.2) is 0 Å². The van der Waals surface area contributed by atoms with Crippen LogP contribution in [0.5, 0.6) is 0 Å². The molecule has 0 N–H and O–H groups in total. The van der Waals surface area contributed by atoms with E-state index in [9.17, 15) is 33.6 Å². The third-order valence-electron chi connectivity index (χ3n) is 13.6. The Hall–Kier alpha value is -1.65. The molecule has 4 saturated carbocycles. The fourth-order valence-corrected chi connectivity index (χ4v) is 10.2. The molecule has 0 radical (unpaired) electrons. The van der Waals surface area contributed by atoms with Gasteiger partial charge in [0.05, 0.1) is 77.7 Å². The van der Waals surface area contributed by atoms with Crippen LogP contribution in [-0.4, -0.2) is 131 Å². The molecule has 4 aliphatic carbocycles. The number of carbonyl (C=O) groups excluding carboxylic acids is 7. The third-order valence-corrected chi connectivity index (χ3v) is 14.6. The van der Waals surface area contributed by atoms with Gasteiger partial charge in [-0.05, 0) is 132 Å². The Balaban J connectivity index is 0.000000410. The lowest BCUT2D eigenvalue weighted by molar-refractivity contribution is -0.158. The van der Waals surface area contributed by atoms with Crippen LogP contribution in [0.4, 0.5) is 0 Å². The minimum absolute atomic E-state index is 0.00934. The summed E-state index contributed by atoms with van der Waals surface area (Å²) in [5, 5.41) is 0.137. The zero-order chi connectivity index (χ0) is 56.6. The van der Waals surface area contributed by atoms with Gasteiger partial charge in [-0.25, -0.2) is 4.79 Å². The van der Waals surface area contributed by atoms with Crippen LogP contribution in [0, 0.1) is 29.6 Å². The summed E-state index contributed by atoms with van der Waals surface area (Å²) in [5.41, 5.74) is 0. The summed E-state index contributed by atoms with van der Waals surface area (Å²) in [5.74, 6) is 0.551. The molecule has 0 saturated heterocycles.